The van der Waals surface area contributed by atoms with Gasteiger partial charge in [0.2, 0.25) is 0 Å². The molecule has 0 radical (unpaired) electrons. The van der Waals surface area contributed by atoms with Gasteiger partial charge in [0.25, 0.3) is 0 Å². The molecule has 1 saturated heterocycles. The second-order valence-electron chi connectivity index (χ2n) is 5.36. The summed E-state index contributed by atoms with van der Waals surface area (Å²) >= 11 is 1.61. The van der Waals surface area contributed by atoms with Crippen molar-refractivity contribution < 1.29 is 4.79 Å². The molecule has 3 nitrogen and oxygen atoms in total. The molecular weight excluding hydrogens is 244 g/mol. The van der Waals surface area contributed by atoms with Gasteiger partial charge in [-0.1, -0.05) is 0 Å². The fraction of sp³-hybridized carbons (Fsp3) is 0.643. The van der Waals surface area contributed by atoms with E-state index in [1.54, 1.807) is 11.3 Å². The SMILES string of the molecule is Cc1ccc(C(=O)CN2CCCC2CN(C)C)s1. The highest BCUT2D eigenvalue weighted by molar-refractivity contribution is 7.14. The van der Waals surface area contributed by atoms with Crippen LogP contribution in [0.3, 0.4) is 0 Å². The van der Waals surface area contributed by atoms with Crippen LogP contribution in [0.1, 0.15) is 27.4 Å². The summed E-state index contributed by atoms with van der Waals surface area (Å²) in [6.45, 7) is 4.75. The summed E-state index contributed by atoms with van der Waals surface area (Å²) in [6.07, 6.45) is 2.43. The Hall–Kier alpha value is -0.710. The first-order valence-corrected chi connectivity index (χ1v) is 7.36. The number of carbonyl (C=O) groups is 1. The summed E-state index contributed by atoms with van der Waals surface area (Å²) in [6, 6.07) is 4.53. The van der Waals surface area contributed by atoms with Crippen LogP contribution in [0.5, 0.6) is 0 Å². The Balaban J connectivity index is 1.94. The second-order valence-corrected chi connectivity index (χ2v) is 6.65. The third-order valence-electron chi connectivity index (χ3n) is 3.44. The smallest absolute Gasteiger partial charge is 0.186 e. The molecule has 0 aliphatic carbocycles. The van der Waals surface area contributed by atoms with Gasteiger partial charge in [-0.3, -0.25) is 9.69 Å². The van der Waals surface area contributed by atoms with E-state index in [0.717, 1.165) is 18.0 Å². The Kier molecular flexibility index (Phi) is 4.54. The fourth-order valence-corrected chi connectivity index (χ4v) is 3.38. The Morgan fingerprint density at radius 2 is 2.28 bits per heavy atom. The van der Waals surface area contributed by atoms with Crippen LogP contribution >= 0.6 is 11.3 Å². The fourth-order valence-electron chi connectivity index (χ4n) is 2.58. The van der Waals surface area contributed by atoms with E-state index in [-0.39, 0.29) is 5.78 Å². The first kappa shape index (κ1) is 13.7. The number of likely N-dealkylation sites (N-methyl/N-ethyl adjacent to an activating group) is 1. The molecule has 0 saturated carbocycles. The third kappa shape index (κ3) is 3.40. The number of aryl methyl sites for hydroxylation is 1. The van der Waals surface area contributed by atoms with Gasteiger partial charge >= 0.3 is 0 Å². The molecule has 0 aromatic carbocycles. The lowest BCUT2D eigenvalue weighted by Crippen LogP contribution is -2.40. The quantitative estimate of drug-likeness (QED) is 0.764. The van der Waals surface area contributed by atoms with E-state index < -0.39 is 0 Å². The van der Waals surface area contributed by atoms with Crippen LogP contribution in [-0.2, 0) is 0 Å². The molecule has 100 valence electrons. The minimum atomic E-state index is 0.277. The minimum Gasteiger partial charge on any atom is -0.308 e. The molecule has 2 heterocycles. The molecule has 1 aliphatic heterocycles. The number of hydrogen-bond acceptors (Lipinski definition) is 4. The molecule has 1 aromatic heterocycles. The van der Waals surface area contributed by atoms with Gasteiger partial charge in [0.1, 0.15) is 0 Å². The van der Waals surface area contributed by atoms with Crippen molar-refractivity contribution in [1.29, 1.82) is 0 Å². The van der Waals surface area contributed by atoms with Gasteiger partial charge in [-0.05, 0) is 52.5 Å². The van der Waals surface area contributed by atoms with Crippen molar-refractivity contribution in [2.24, 2.45) is 0 Å². The number of likely N-dealkylation sites (tertiary alicyclic amines) is 1. The van der Waals surface area contributed by atoms with Gasteiger partial charge in [0.05, 0.1) is 11.4 Å². The Labute approximate surface area is 113 Å². The van der Waals surface area contributed by atoms with Crippen LogP contribution in [0, 0.1) is 6.92 Å². The van der Waals surface area contributed by atoms with Crippen molar-refractivity contribution in [2.45, 2.75) is 25.8 Å². The zero-order valence-electron chi connectivity index (χ0n) is 11.5. The number of ketones is 1. The molecule has 2 rings (SSSR count). The van der Waals surface area contributed by atoms with E-state index in [9.17, 15) is 4.79 Å². The number of Topliss-reactive ketones (excluding diaryl/α,β-unsaturated/α-hetero) is 1. The first-order valence-electron chi connectivity index (χ1n) is 6.54. The lowest BCUT2D eigenvalue weighted by Gasteiger charge is -2.26. The average Bonchev–Trinajstić information content (AvgIpc) is 2.88. The third-order valence-corrected chi connectivity index (χ3v) is 4.48. The van der Waals surface area contributed by atoms with Crippen molar-refractivity contribution in [2.75, 3.05) is 33.7 Å². The molecule has 1 unspecified atom stereocenters. The summed E-state index contributed by atoms with van der Waals surface area (Å²) in [5, 5.41) is 0. The van der Waals surface area contributed by atoms with Gasteiger partial charge in [-0.15, -0.1) is 11.3 Å². The van der Waals surface area contributed by atoms with Crippen molar-refractivity contribution in [3.8, 4) is 0 Å². The Morgan fingerprint density at radius 3 is 2.89 bits per heavy atom. The maximum Gasteiger partial charge on any atom is 0.186 e. The number of carbonyl (C=O) groups excluding carboxylic acids is 1. The zero-order chi connectivity index (χ0) is 13.1. The lowest BCUT2D eigenvalue weighted by molar-refractivity contribution is 0.0914. The van der Waals surface area contributed by atoms with E-state index in [1.807, 2.05) is 19.1 Å². The molecular formula is C14H22N2OS. The second kappa shape index (κ2) is 5.95. The molecule has 1 aliphatic rings. The Morgan fingerprint density at radius 1 is 1.50 bits per heavy atom. The van der Waals surface area contributed by atoms with Gasteiger partial charge in [-0.25, -0.2) is 0 Å². The van der Waals surface area contributed by atoms with Crippen LogP contribution in [0.15, 0.2) is 12.1 Å². The Bertz CT molecular complexity index is 414. The van der Waals surface area contributed by atoms with Crippen molar-refractivity contribution in [3.05, 3.63) is 21.9 Å². The number of hydrogen-bond donors (Lipinski definition) is 0. The molecule has 1 fully saturated rings. The van der Waals surface area contributed by atoms with Crippen LogP contribution < -0.4 is 0 Å². The summed E-state index contributed by atoms with van der Waals surface area (Å²) in [5.41, 5.74) is 0. The summed E-state index contributed by atoms with van der Waals surface area (Å²) in [4.78, 5) is 18.9. The largest absolute Gasteiger partial charge is 0.308 e. The van der Waals surface area contributed by atoms with Gasteiger partial charge in [0.15, 0.2) is 5.78 Å². The van der Waals surface area contributed by atoms with E-state index in [4.69, 9.17) is 0 Å². The number of thiophene rings is 1. The molecule has 0 bridgehead atoms. The summed E-state index contributed by atoms with van der Waals surface area (Å²) in [5.74, 6) is 0.277. The molecule has 0 amide bonds. The summed E-state index contributed by atoms with van der Waals surface area (Å²) in [7, 11) is 4.20. The van der Waals surface area contributed by atoms with E-state index in [0.29, 0.717) is 12.6 Å². The highest BCUT2D eigenvalue weighted by Crippen LogP contribution is 2.20. The standard InChI is InChI=1S/C14H22N2OS/c1-11-6-7-14(18-11)13(17)10-16-8-4-5-12(16)9-15(2)3/h6-7,12H,4-5,8-10H2,1-3H3. The molecule has 0 spiro atoms. The molecule has 1 aromatic rings. The maximum absolute atomic E-state index is 12.2. The topological polar surface area (TPSA) is 23.6 Å². The number of nitrogens with zero attached hydrogens (tertiary/aromatic N) is 2. The monoisotopic (exact) mass is 266 g/mol. The van der Waals surface area contributed by atoms with Crippen LogP contribution in [0.4, 0.5) is 0 Å². The number of rotatable bonds is 5. The highest BCUT2D eigenvalue weighted by atomic mass is 32.1. The molecule has 1 atom stereocenters. The van der Waals surface area contributed by atoms with Gasteiger partial charge in [0, 0.05) is 17.5 Å². The summed E-state index contributed by atoms with van der Waals surface area (Å²) < 4.78 is 0. The molecule has 18 heavy (non-hydrogen) atoms. The van der Waals surface area contributed by atoms with Gasteiger partial charge < -0.3 is 4.90 Å². The molecule has 0 N–H and O–H groups in total. The van der Waals surface area contributed by atoms with E-state index in [1.165, 1.54) is 17.7 Å². The predicted octanol–water partition coefficient (Wildman–Crippen LogP) is 2.27. The van der Waals surface area contributed by atoms with Crippen LogP contribution in [-0.4, -0.2) is 55.4 Å². The van der Waals surface area contributed by atoms with Crippen LogP contribution in [0.2, 0.25) is 0 Å². The normalized spacial score (nSPS) is 20.8. The average molecular weight is 266 g/mol. The van der Waals surface area contributed by atoms with Crippen molar-refractivity contribution in [1.82, 2.24) is 9.80 Å². The predicted molar refractivity (Wildman–Crippen MR) is 76.5 cm³/mol. The van der Waals surface area contributed by atoms with E-state index in [2.05, 4.69) is 23.9 Å². The lowest BCUT2D eigenvalue weighted by atomic mass is 10.2. The van der Waals surface area contributed by atoms with Crippen LogP contribution in [0.25, 0.3) is 0 Å². The van der Waals surface area contributed by atoms with Crippen molar-refractivity contribution in [3.63, 3.8) is 0 Å². The zero-order valence-corrected chi connectivity index (χ0v) is 12.3. The van der Waals surface area contributed by atoms with Gasteiger partial charge in [-0.2, -0.15) is 0 Å². The van der Waals surface area contributed by atoms with Crippen molar-refractivity contribution >= 4 is 17.1 Å². The minimum absolute atomic E-state index is 0.277. The first-order chi connectivity index (χ1) is 8.56. The van der Waals surface area contributed by atoms with E-state index >= 15 is 0 Å². The molecule has 4 heteroatoms. The highest BCUT2D eigenvalue weighted by Gasteiger charge is 2.27. The maximum atomic E-state index is 12.2.